The molecule has 0 fully saturated rings. The molecule has 34 heavy (non-hydrogen) atoms. The van der Waals surface area contributed by atoms with Crippen LogP contribution in [0.3, 0.4) is 0 Å². The van der Waals surface area contributed by atoms with Crippen molar-refractivity contribution in [2.75, 3.05) is 13.7 Å². The van der Waals surface area contributed by atoms with E-state index in [4.69, 9.17) is 10.5 Å². The van der Waals surface area contributed by atoms with Crippen molar-refractivity contribution in [1.29, 1.82) is 0 Å². The van der Waals surface area contributed by atoms with E-state index in [1.54, 1.807) is 32.0 Å². The maximum Gasteiger partial charge on any atom is 0.337 e. The molecule has 8 nitrogen and oxygen atoms in total. The van der Waals surface area contributed by atoms with E-state index >= 15 is 0 Å². The molecule has 2 aromatic carbocycles. The van der Waals surface area contributed by atoms with Gasteiger partial charge in [-0.2, -0.15) is 0 Å². The largest absolute Gasteiger partial charge is 0.465 e. The van der Waals surface area contributed by atoms with Crippen molar-refractivity contribution in [3.63, 3.8) is 0 Å². The number of H-pyrrole nitrogens is 1. The monoisotopic (exact) mass is 462 g/mol. The molecule has 0 saturated carbocycles. The Kier molecular flexibility index (Phi) is 6.54. The summed E-state index contributed by atoms with van der Waals surface area (Å²) in [6.07, 6.45) is 2.87. The number of aromatic amines is 1. The highest BCUT2D eigenvalue weighted by Crippen LogP contribution is 2.28. The minimum absolute atomic E-state index is 0.158. The first-order chi connectivity index (χ1) is 16.2. The summed E-state index contributed by atoms with van der Waals surface area (Å²) in [4.78, 5) is 41.8. The number of benzene rings is 2. The second-order valence-electron chi connectivity index (χ2n) is 9.26. The lowest BCUT2D eigenvalue weighted by atomic mass is 9.86. The number of carbonyl (C=O) groups excluding carboxylic acids is 3. The van der Waals surface area contributed by atoms with Crippen LogP contribution >= 0.6 is 0 Å². The van der Waals surface area contributed by atoms with Gasteiger partial charge in [0.2, 0.25) is 5.91 Å². The number of ketones is 1. The normalized spacial score (nSPS) is 16.5. The van der Waals surface area contributed by atoms with Crippen molar-refractivity contribution in [3.05, 3.63) is 70.9 Å². The number of amides is 1. The molecular weight excluding hydrogens is 432 g/mol. The van der Waals surface area contributed by atoms with Crippen molar-refractivity contribution < 1.29 is 19.1 Å². The molecule has 1 aromatic heterocycles. The van der Waals surface area contributed by atoms with Gasteiger partial charge in [0.25, 0.3) is 0 Å². The second kappa shape index (κ2) is 9.40. The van der Waals surface area contributed by atoms with Crippen molar-refractivity contribution in [2.45, 2.75) is 44.3 Å². The number of Topliss-reactive ketones (excluding diaryl/α,β-unsaturated/α-hetero) is 1. The Morgan fingerprint density at radius 3 is 2.71 bits per heavy atom. The predicted molar refractivity (Wildman–Crippen MR) is 129 cm³/mol. The van der Waals surface area contributed by atoms with Gasteiger partial charge < -0.3 is 26.1 Å². The molecule has 178 valence electrons. The molecular formula is C26H30N4O4. The molecule has 0 spiro atoms. The number of aromatic nitrogens is 1. The summed E-state index contributed by atoms with van der Waals surface area (Å²) in [5.74, 6) is -0.976. The van der Waals surface area contributed by atoms with E-state index in [1.807, 2.05) is 30.5 Å². The maximum atomic E-state index is 13.8. The quantitative estimate of drug-likeness (QED) is 0.399. The Labute approximate surface area is 198 Å². The topological polar surface area (TPSA) is 126 Å². The molecule has 5 N–H and O–H groups in total. The molecule has 0 aliphatic carbocycles. The molecule has 3 aromatic rings. The molecule has 0 saturated heterocycles. The van der Waals surface area contributed by atoms with E-state index in [-0.39, 0.29) is 5.78 Å². The molecule has 1 aliphatic heterocycles. The molecule has 2 atom stereocenters. The van der Waals surface area contributed by atoms with Gasteiger partial charge in [0.15, 0.2) is 5.78 Å². The molecule has 8 heteroatoms. The number of ether oxygens (including phenoxy) is 1. The van der Waals surface area contributed by atoms with Crippen LogP contribution in [0.5, 0.6) is 0 Å². The summed E-state index contributed by atoms with van der Waals surface area (Å²) in [6.45, 7) is 3.79. The lowest BCUT2D eigenvalue weighted by Crippen LogP contribution is -2.56. The van der Waals surface area contributed by atoms with Crippen molar-refractivity contribution in [1.82, 2.24) is 15.6 Å². The van der Waals surface area contributed by atoms with Crippen LogP contribution in [0.25, 0.3) is 10.9 Å². The number of nitrogens with one attached hydrogen (secondary N) is 3. The van der Waals surface area contributed by atoms with Crippen LogP contribution < -0.4 is 16.4 Å². The summed E-state index contributed by atoms with van der Waals surface area (Å²) < 4.78 is 4.83. The number of carbonyl (C=O) groups is 3. The molecule has 2 unspecified atom stereocenters. The Balaban J connectivity index is 1.67. The molecule has 1 aliphatic rings. The van der Waals surface area contributed by atoms with E-state index in [0.29, 0.717) is 24.9 Å². The second-order valence-corrected chi connectivity index (χ2v) is 9.26. The van der Waals surface area contributed by atoms with Crippen LogP contribution in [-0.4, -0.2) is 47.9 Å². The highest BCUT2D eigenvalue weighted by atomic mass is 16.5. The van der Waals surface area contributed by atoms with Crippen molar-refractivity contribution in [3.8, 4) is 0 Å². The van der Waals surface area contributed by atoms with Crippen LogP contribution in [0.2, 0.25) is 0 Å². The minimum Gasteiger partial charge on any atom is -0.465 e. The summed E-state index contributed by atoms with van der Waals surface area (Å²) in [7, 11) is 1.34. The van der Waals surface area contributed by atoms with Crippen LogP contribution in [0.15, 0.2) is 48.7 Å². The van der Waals surface area contributed by atoms with Gasteiger partial charge in [0, 0.05) is 30.1 Å². The third kappa shape index (κ3) is 4.73. The third-order valence-electron chi connectivity index (χ3n) is 6.24. The fraction of sp³-hybridized carbons (Fsp3) is 0.346. The van der Waals surface area contributed by atoms with Crippen LogP contribution in [0, 0.1) is 0 Å². The first-order valence-electron chi connectivity index (χ1n) is 11.3. The molecule has 4 rings (SSSR count). The molecule has 0 bridgehead atoms. The minimum atomic E-state index is -1.13. The van der Waals surface area contributed by atoms with Crippen molar-refractivity contribution >= 4 is 28.6 Å². The van der Waals surface area contributed by atoms with Gasteiger partial charge in [-0.1, -0.05) is 24.3 Å². The summed E-state index contributed by atoms with van der Waals surface area (Å²) in [6, 6.07) is 11.6. The van der Waals surface area contributed by atoms with E-state index in [0.717, 1.165) is 27.6 Å². The average Bonchev–Trinajstić information content (AvgIpc) is 3.24. The summed E-state index contributed by atoms with van der Waals surface area (Å²) in [5, 5.41) is 7.18. The molecule has 1 amide bonds. The number of rotatable bonds is 7. The first kappa shape index (κ1) is 23.7. The van der Waals surface area contributed by atoms with Gasteiger partial charge in [0.1, 0.15) is 0 Å². The summed E-state index contributed by atoms with van der Waals surface area (Å²) >= 11 is 0. The van der Waals surface area contributed by atoms with Crippen LogP contribution in [0.4, 0.5) is 0 Å². The summed E-state index contributed by atoms with van der Waals surface area (Å²) in [5.41, 5.74) is 8.94. The van der Waals surface area contributed by atoms with E-state index < -0.39 is 29.5 Å². The Morgan fingerprint density at radius 2 is 1.97 bits per heavy atom. The Bertz CT molecular complexity index is 1240. The zero-order chi connectivity index (χ0) is 24.5. The fourth-order valence-electron chi connectivity index (χ4n) is 4.35. The third-order valence-corrected chi connectivity index (χ3v) is 6.24. The fourth-order valence-corrected chi connectivity index (χ4v) is 4.35. The maximum absolute atomic E-state index is 13.8. The number of hydrogen-bond donors (Lipinski definition) is 4. The zero-order valence-corrected chi connectivity index (χ0v) is 19.6. The SMILES string of the molecule is COC(=O)c1ccc2c(c1)CCNC2C(=O)C(Cc1c[nH]c2ccccc12)NC(=O)C(C)(C)N. The predicted octanol–water partition coefficient (Wildman–Crippen LogP) is 2.18. The van der Waals surface area contributed by atoms with Gasteiger partial charge in [0.05, 0.1) is 30.3 Å². The van der Waals surface area contributed by atoms with Gasteiger partial charge >= 0.3 is 5.97 Å². The standard InChI is InChI=1S/C26H30N4O4/c1-26(2,27)25(33)30-21(13-17-14-29-20-7-5-4-6-18(17)20)23(31)22-19-9-8-16(24(32)34-3)12-15(19)10-11-28-22/h4-9,12,14,21-22,28-29H,10-11,13,27H2,1-3H3,(H,30,33). The lowest BCUT2D eigenvalue weighted by Gasteiger charge is -2.31. The zero-order valence-electron chi connectivity index (χ0n) is 19.6. The van der Waals surface area contributed by atoms with Gasteiger partial charge in [-0.3, -0.25) is 9.59 Å². The highest BCUT2D eigenvalue weighted by molar-refractivity contribution is 5.97. The molecule has 2 heterocycles. The van der Waals surface area contributed by atoms with Gasteiger partial charge in [-0.15, -0.1) is 0 Å². The smallest absolute Gasteiger partial charge is 0.337 e. The molecule has 0 radical (unpaired) electrons. The van der Waals surface area contributed by atoms with Gasteiger partial charge in [-0.05, 0) is 55.2 Å². The number of esters is 1. The van der Waals surface area contributed by atoms with Gasteiger partial charge in [-0.25, -0.2) is 4.79 Å². The van der Waals surface area contributed by atoms with E-state index in [9.17, 15) is 14.4 Å². The first-order valence-corrected chi connectivity index (χ1v) is 11.3. The number of nitrogens with two attached hydrogens (primary N) is 1. The lowest BCUT2D eigenvalue weighted by molar-refractivity contribution is -0.131. The Morgan fingerprint density at radius 1 is 1.21 bits per heavy atom. The number of para-hydroxylation sites is 1. The number of methoxy groups -OCH3 is 1. The van der Waals surface area contributed by atoms with E-state index in [1.165, 1.54) is 7.11 Å². The number of fused-ring (bicyclic) bond motifs is 2. The van der Waals surface area contributed by atoms with Crippen LogP contribution in [-0.2, 0) is 27.2 Å². The number of hydrogen-bond acceptors (Lipinski definition) is 6. The highest BCUT2D eigenvalue weighted by Gasteiger charge is 2.35. The van der Waals surface area contributed by atoms with E-state index in [2.05, 4.69) is 15.6 Å². The Hall–Kier alpha value is -3.49. The average molecular weight is 463 g/mol. The van der Waals surface area contributed by atoms with Crippen LogP contribution in [0.1, 0.15) is 46.9 Å². The van der Waals surface area contributed by atoms with Crippen molar-refractivity contribution in [2.24, 2.45) is 5.73 Å².